The average Bonchev–Trinajstić information content (AvgIpc) is 2.43. The Morgan fingerprint density at radius 3 is 2.56 bits per heavy atom. The van der Waals surface area contributed by atoms with Gasteiger partial charge in [-0.1, -0.05) is 0 Å². The molecule has 0 spiro atoms. The SMILES string of the molecule is CCCCC(CC)[PH][Ho][NH]C(C)c1ccccc1. The molecule has 0 radical (unpaired) electrons. The molecule has 0 aliphatic heterocycles. The van der Waals surface area contributed by atoms with Crippen LogP contribution in [0.2, 0.25) is 0 Å². The van der Waals surface area contributed by atoms with E-state index in [1.54, 1.807) is 0 Å². The van der Waals surface area contributed by atoms with Crippen molar-refractivity contribution in [3.8, 4) is 0 Å². The van der Waals surface area contributed by atoms with Gasteiger partial charge in [0.05, 0.1) is 0 Å². The summed E-state index contributed by atoms with van der Waals surface area (Å²) in [4.78, 5) is 0. The van der Waals surface area contributed by atoms with Gasteiger partial charge in [-0.3, -0.25) is 0 Å². The average molecular weight is 416 g/mol. The second-order valence-electron chi connectivity index (χ2n) is 4.63. The quantitative estimate of drug-likeness (QED) is 0.446. The van der Waals surface area contributed by atoms with E-state index in [4.69, 9.17) is 0 Å². The van der Waals surface area contributed by atoms with Crippen LogP contribution < -0.4 is 1.80 Å². The predicted molar refractivity (Wildman–Crippen MR) is 79.9 cm³/mol. The Morgan fingerprint density at radius 1 is 1.22 bits per heavy atom. The molecule has 1 rings (SSSR count). The van der Waals surface area contributed by atoms with E-state index in [-0.39, 0.29) is 33.5 Å². The van der Waals surface area contributed by atoms with E-state index in [1.165, 1.54) is 31.2 Å². The summed E-state index contributed by atoms with van der Waals surface area (Å²) < 4.78 is 4.91. The van der Waals surface area contributed by atoms with Crippen molar-refractivity contribution in [1.29, 1.82) is 0 Å². The van der Waals surface area contributed by atoms with Crippen molar-refractivity contribution < 1.29 is 33.5 Å². The standard InChI is InChI=1S/C8H10N.C7H16P.Ho/c1-7(9)8-5-3-2-4-6-8;1-3-5-6-7(8)4-2;/h2-7,9H,1H3;7-8H,3-6H2,1-2H3;/q2*-1;+2. The van der Waals surface area contributed by atoms with Crippen molar-refractivity contribution in [1.82, 2.24) is 1.80 Å². The first kappa shape index (κ1) is 16.9. The summed E-state index contributed by atoms with van der Waals surface area (Å²) in [5, 5.41) is 0. The molecule has 18 heavy (non-hydrogen) atoms. The van der Waals surface area contributed by atoms with E-state index in [9.17, 15) is 0 Å². The molecule has 0 aliphatic carbocycles. The molecule has 3 unspecified atom stereocenters. The summed E-state index contributed by atoms with van der Waals surface area (Å²) >= 11 is 0.287. The van der Waals surface area contributed by atoms with Crippen LogP contribution in [-0.2, 0) is 0 Å². The summed E-state index contributed by atoms with van der Waals surface area (Å²) in [6.07, 6.45) is 5.53. The van der Waals surface area contributed by atoms with Crippen LogP contribution in [0.15, 0.2) is 30.3 Å². The second-order valence-corrected chi connectivity index (χ2v) is 9.46. The number of nitrogens with one attached hydrogen (secondary N) is 1. The molecule has 0 saturated carbocycles. The number of rotatable bonds is 9. The van der Waals surface area contributed by atoms with Gasteiger partial charge in [0.25, 0.3) is 0 Å². The number of hydrogen-bond acceptors (Lipinski definition) is 1. The molecule has 0 aliphatic rings. The van der Waals surface area contributed by atoms with Crippen molar-refractivity contribution in [3.63, 3.8) is 0 Å². The maximum atomic E-state index is 3.75. The molecule has 0 fully saturated rings. The molecule has 0 heterocycles. The van der Waals surface area contributed by atoms with Gasteiger partial charge in [-0.2, -0.15) is 0 Å². The minimum absolute atomic E-state index is 0.287. The van der Waals surface area contributed by atoms with Gasteiger partial charge in [0.2, 0.25) is 0 Å². The van der Waals surface area contributed by atoms with E-state index in [0.29, 0.717) is 6.04 Å². The number of hydrogen-bond donors (Lipinski definition) is 1. The van der Waals surface area contributed by atoms with Crippen LogP contribution in [0.1, 0.15) is 58.1 Å². The molecule has 0 bridgehead atoms. The van der Waals surface area contributed by atoms with Crippen LogP contribution >= 0.6 is 3.99 Å². The Hall–Kier alpha value is 0.870. The Bertz CT molecular complexity index is 305. The zero-order valence-corrected chi connectivity index (χ0v) is 14.6. The van der Waals surface area contributed by atoms with Gasteiger partial charge in [0, 0.05) is 0 Å². The van der Waals surface area contributed by atoms with Crippen molar-refractivity contribution in [3.05, 3.63) is 35.9 Å². The third kappa shape index (κ3) is 6.87. The molecule has 0 aromatic heterocycles. The van der Waals surface area contributed by atoms with Crippen molar-refractivity contribution >= 4 is 3.99 Å². The monoisotopic (exact) mass is 416 g/mol. The van der Waals surface area contributed by atoms with Crippen molar-refractivity contribution in [2.24, 2.45) is 0 Å². The fourth-order valence-electron chi connectivity index (χ4n) is 1.70. The fourth-order valence-corrected chi connectivity index (χ4v) is 7.69. The Balaban J connectivity index is 2.24. The summed E-state index contributed by atoms with van der Waals surface area (Å²) in [5.41, 5.74) is 2.39. The molecular weight excluding hydrogens is 390 g/mol. The summed E-state index contributed by atoms with van der Waals surface area (Å²) in [5.74, 6) is 0. The predicted octanol–water partition coefficient (Wildman–Crippen LogP) is 4.90. The topological polar surface area (TPSA) is 12.0 Å². The zero-order chi connectivity index (χ0) is 13.2. The first-order chi connectivity index (χ1) is 8.77. The van der Waals surface area contributed by atoms with Crippen LogP contribution in [0.4, 0.5) is 0 Å². The van der Waals surface area contributed by atoms with Gasteiger partial charge < -0.3 is 0 Å². The van der Waals surface area contributed by atoms with E-state index in [0.717, 1.165) is 9.65 Å². The van der Waals surface area contributed by atoms with Gasteiger partial charge in [0.1, 0.15) is 0 Å². The van der Waals surface area contributed by atoms with Crippen LogP contribution in [0.25, 0.3) is 0 Å². The van der Waals surface area contributed by atoms with E-state index in [2.05, 4.69) is 52.9 Å². The van der Waals surface area contributed by atoms with E-state index < -0.39 is 0 Å². The minimum atomic E-state index is 0.287. The molecule has 107 valence electrons. The summed E-state index contributed by atoms with van der Waals surface area (Å²) in [6, 6.07) is 11.3. The van der Waals surface area contributed by atoms with Gasteiger partial charge in [-0.25, -0.2) is 0 Å². The third-order valence-corrected chi connectivity index (χ3v) is 9.04. The van der Waals surface area contributed by atoms with Crippen LogP contribution in [-0.4, -0.2) is 5.66 Å². The Labute approximate surface area is 132 Å². The normalized spacial score (nSPS) is 15.3. The summed E-state index contributed by atoms with van der Waals surface area (Å²) in [7, 11) is 0. The Kier molecular flexibility index (Phi) is 10.00. The maximum absolute atomic E-state index is 3.75. The molecule has 0 amide bonds. The second kappa shape index (κ2) is 10.6. The number of benzene rings is 1. The molecular formula is C15H26HoNP. The molecule has 1 aromatic carbocycles. The molecule has 1 N–H and O–H groups in total. The van der Waals surface area contributed by atoms with E-state index in [1.807, 2.05) is 0 Å². The van der Waals surface area contributed by atoms with Crippen LogP contribution in [0, 0.1) is 33.5 Å². The van der Waals surface area contributed by atoms with Gasteiger partial charge in [-0.15, -0.1) is 0 Å². The van der Waals surface area contributed by atoms with Gasteiger partial charge >= 0.3 is 133 Å². The molecule has 3 atom stereocenters. The van der Waals surface area contributed by atoms with Gasteiger partial charge in [-0.05, 0) is 0 Å². The van der Waals surface area contributed by atoms with Crippen LogP contribution in [0.5, 0.6) is 0 Å². The molecule has 0 saturated heterocycles. The van der Waals surface area contributed by atoms with Crippen molar-refractivity contribution in [2.45, 2.75) is 58.2 Å². The van der Waals surface area contributed by atoms with Crippen molar-refractivity contribution in [2.75, 3.05) is 0 Å². The zero-order valence-electron chi connectivity index (χ0n) is 11.7. The first-order valence-electron chi connectivity index (χ1n) is 6.89. The van der Waals surface area contributed by atoms with Gasteiger partial charge in [0.15, 0.2) is 0 Å². The fraction of sp³-hybridized carbons (Fsp3) is 0.600. The third-order valence-electron chi connectivity index (χ3n) is 3.04. The first-order valence-corrected chi connectivity index (χ1v) is 11.6. The molecule has 3 heteroatoms. The number of unbranched alkanes of at least 4 members (excludes halogenated alkanes) is 1. The molecule has 1 nitrogen and oxygen atoms in total. The Morgan fingerprint density at radius 2 is 1.94 bits per heavy atom. The van der Waals surface area contributed by atoms with Crippen LogP contribution in [0.3, 0.4) is 0 Å². The molecule has 1 aromatic rings. The summed E-state index contributed by atoms with van der Waals surface area (Å²) in [6.45, 7) is 6.92. The van der Waals surface area contributed by atoms with E-state index >= 15 is 0 Å².